The van der Waals surface area contributed by atoms with Gasteiger partial charge in [0.25, 0.3) is 0 Å². The number of hydrogen-bond acceptors (Lipinski definition) is 3. The minimum Gasteiger partial charge on any atom is -0.396 e. The first kappa shape index (κ1) is 17.1. The number of aliphatic hydroxyl groups excluding tert-OH is 1. The summed E-state index contributed by atoms with van der Waals surface area (Å²) in [7, 11) is 0. The fraction of sp³-hybridized carbons (Fsp3) is 0.467. The van der Waals surface area contributed by atoms with Crippen molar-refractivity contribution < 1.29 is 19.1 Å². The maximum Gasteiger partial charge on any atom is 0.313 e. The number of aliphatic hydroxyl groups is 1. The number of benzene rings is 1. The van der Waals surface area contributed by atoms with Crippen LogP contribution in [0.3, 0.4) is 0 Å². The molecule has 5 nitrogen and oxygen atoms in total. The molecule has 0 unspecified atom stereocenters. The molecule has 0 fully saturated rings. The van der Waals surface area contributed by atoms with Crippen molar-refractivity contribution in [2.45, 2.75) is 27.2 Å². The molecule has 0 saturated heterocycles. The Hall–Kier alpha value is -1.95. The first-order valence-electron chi connectivity index (χ1n) is 6.71. The van der Waals surface area contributed by atoms with E-state index in [1.165, 1.54) is 12.1 Å². The van der Waals surface area contributed by atoms with Crippen molar-refractivity contribution in [2.24, 2.45) is 5.41 Å². The van der Waals surface area contributed by atoms with E-state index < -0.39 is 17.6 Å². The molecule has 0 radical (unpaired) electrons. The zero-order chi connectivity index (χ0) is 16.0. The zero-order valence-corrected chi connectivity index (χ0v) is 12.5. The monoisotopic (exact) mass is 296 g/mol. The van der Waals surface area contributed by atoms with Gasteiger partial charge in [0.2, 0.25) is 0 Å². The highest BCUT2D eigenvalue weighted by Gasteiger charge is 2.21. The number of hydrogen-bond donors (Lipinski definition) is 3. The molecule has 6 heteroatoms. The lowest BCUT2D eigenvalue weighted by Gasteiger charge is -2.23. The lowest BCUT2D eigenvalue weighted by Crippen LogP contribution is -2.40. The van der Waals surface area contributed by atoms with Gasteiger partial charge >= 0.3 is 11.8 Å². The Morgan fingerprint density at radius 1 is 1.29 bits per heavy atom. The molecule has 0 heterocycles. The largest absolute Gasteiger partial charge is 0.396 e. The van der Waals surface area contributed by atoms with Crippen molar-refractivity contribution >= 4 is 17.5 Å². The molecule has 0 aliphatic rings. The van der Waals surface area contributed by atoms with Gasteiger partial charge in [0.15, 0.2) is 0 Å². The summed E-state index contributed by atoms with van der Waals surface area (Å²) in [6.45, 7) is 5.73. The molecule has 0 bridgehead atoms. The average Bonchev–Trinajstić information content (AvgIpc) is 2.40. The van der Waals surface area contributed by atoms with Gasteiger partial charge in [-0.3, -0.25) is 9.59 Å². The molecule has 1 aromatic rings. The van der Waals surface area contributed by atoms with Crippen LogP contribution < -0.4 is 10.6 Å². The second kappa shape index (κ2) is 7.17. The van der Waals surface area contributed by atoms with Crippen LogP contribution in [0.1, 0.15) is 25.8 Å². The van der Waals surface area contributed by atoms with Gasteiger partial charge in [0.1, 0.15) is 5.82 Å². The van der Waals surface area contributed by atoms with E-state index in [4.69, 9.17) is 5.11 Å². The molecule has 116 valence electrons. The Balaban J connectivity index is 2.59. The lowest BCUT2D eigenvalue weighted by atomic mass is 9.90. The third-order valence-electron chi connectivity index (χ3n) is 3.09. The normalized spacial score (nSPS) is 11.1. The smallest absolute Gasteiger partial charge is 0.313 e. The summed E-state index contributed by atoms with van der Waals surface area (Å²) in [5, 5.41) is 13.6. The minimum absolute atomic E-state index is 0.00354. The fourth-order valence-electron chi connectivity index (χ4n) is 1.70. The van der Waals surface area contributed by atoms with Crippen LogP contribution in [0.25, 0.3) is 0 Å². The Bertz CT molecular complexity index is 530. The number of carbonyl (C=O) groups excluding carboxylic acids is 2. The van der Waals surface area contributed by atoms with Gasteiger partial charge in [-0.15, -0.1) is 0 Å². The molecule has 3 N–H and O–H groups in total. The number of anilines is 1. The van der Waals surface area contributed by atoms with E-state index in [-0.39, 0.29) is 24.3 Å². The predicted molar refractivity (Wildman–Crippen MR) is 78.3 cm³/mol. The van der Waals surface area contributed by atoms with E-state index in [0.717, 1.165) is 5.56 Å². The first-order valence-corrected chi connectivity index (χ1v) is 6.71. The Morgan fingerprint density at radius 2 is 1.95 bits per heavy atom. The average molecular weight is 296 g/mol. The molecule has 2 amide bonds. The van der Waals surface area contributed by atoms with Gasteiger partial charge in [-0.2, -0.15) is 0 Å². The fourth-order valence-corrected chi connectivity index (χ4v) is 1.70. The lowest BCUT2D eigenvalue weighted by molar-refractivity contribution is -0.136. The van der Waals surface area contributed by atoms with Crippen molar-refractivity contribution in [1.82, 2.24) is 5.32 Å². The van der Waals surface area contributed by atoms with Crippen LogP contribution in [0.2, 0.25) is 0 Å². The van der Waals surface area contributed by atoms with Crippen molar-refractivity contribution in [1.29, 1.82) is 0 Å². The maximum absolute atomic E-state index is 13.5. The molecule has 1 aromatic carbocycles. The molecular weight excluding hydrogens is 275 g/mol. The topological polar surface area (TPSA) is 78.4 Å². The summed E-state index contributed by atoms with van der Waals surface area (Å²) in [5.74, 6) is -2.34. The van der Waals surface area contributed by atoms with E-state index in [1.807, 2.05) is 13.8 Å². The third-order valence-corrected chi connectivity index (χ3v) is 3.09. The molecule has 0 aliphatic heterocycles. The van der Waals surface area contributed by atoms with Crippen LogP contribution >= 0.6 is 0 Å². The molecule has 1 rings (SSSR count). The van der Waals surface area contributed by atoms with Crippen LogP contribution in [-0.4, -0.2) is 30.1 Å². The number of aryl methyl sites for hydroxylation is 1. The molecule has 0 aliphatic carbocycles. The van der Waals surface area contributed by atoms with Crippen LogP contribution in [0.15, 0.2) is 18.2 Å². The first-order chi connectivity index (χ1) is 9.75. The van der Waals surface area contributed by atoms with E-state index in [0.29, 0.717) is 6.42 Å². The number of nitrogens with one attached hydrogen (secondary N) is 2. The number of rotatable bonds is 5. The van der Waals surface area contributed by atoms with E-state index in [2.05, 4.69) is 10.6 Å². The summed E-state index contributed by atoms with van der Waals surface area (Å²) >= 11 is 0. The summed E-state index contributed by atoms with van der Waals surface area (Å²) in [6, 6.07) is 4.26. The number of carbonyl (C=O) groups is 2. The van der Waals surface area contributed by atoms with Crippen LogP contribution in [0.4, 0.5) is 10.1 Å². The van der Waals surface area contributed by atoms with Crippen LogP contribution in [0, 0.1) is 18.2 Å². The molecule has 0 aromatic heterocycles. The molecular formula is C15H21FN2O3. The minimum atomic E-state index is -0.917. The predicted octanol–water partition coefficient (Wildman–Crippen LogP) is 1.60. The van der Waals surface area contributed by atoms with E-state index in [9.17, 15) is 14.0 Å². The van der Waals surface area contributed by atoms with Gasteiger partial charge in [-0.1, -0.05) is 19.9 Å². The van der Waals surface area contributed by atoms with E-state index in [1.54, 1.807) is 13.0 Å². The Labute approximate surface area is 123 Å². The maximum atomic E-state index is 13.5. The van der Waals surface area contributed by atoms with Crippen molar-refractivity contribution in [2.75, 3.05) is 18.5 Å². The van der Waals surface area contributed by atoms with Gasteiger partial charge in [0.05, 0.1) is 5.69 Å². The van der Waals surface area contributed by atoms with Gasteiger partial charge in [-0.05, 0) is 36.5 Å². The highest BCUT2D eigenvalue weighted by molar-refractivity contribution is 6.39. The third kappa shape index (κ3) is 5.51. The molecule has 0 atom stereocenters. The molecule has 0 spiro atoms. The van der Waals surface area contributed by atoms with Gasteiger partial charge in [-0.25, -0.2) is 4.39 Å². The summed E-state index contributed by atoms with van der Waals surface area (Å²) < 4.78 is 13.5. The van der Waals surface area contributed by atoms with Crippen LogP contribution in [-0.2, 0) is 9.59 Å². The second-order valence-corrected chi connectivity index (χ2v) is 5.76. The van der Waals surface area contributed by atoms with Crippen molar-refractivity contribution in [3.8, 4) is 0 Å². The standard InChI is InChI=1S/C15H21FN2O3/c1-10-4-5-11(16)12(8-10)18-14(21)13(20)17-9-15(2,3)6-7-19/h4-5,8,19H,6-7,9H2,1-3H3,(H,17,20)(H,18,21). The molecule has 0 saturated carbocycles. The Kier molecular flexibility index (Phi) is 5.84. The summed E-state index contributed by atoms with van der Waals surface area (Å²) in [4.78, 5) is 23.4. The summed E-state index contributed by atoms with van der Waals surface area (Å²) in [6.07, 6.45) is 0.501. The Morgan fingerprint density at radius 3 is 2.57 bits per heavy atom. The highest BCUT2D eigenvalue weighted by Crippen LogP contribution is 2.18. The van der Waals surface area contributed by atoms with Crippen molar-refractivity contribution in [3.05, 3.63) is 29.6 Å². The molecule has 21 heavy (non-hydrogen) atoms. The summed E-state index contributed by atoms with van der Waals surface area (Å²) in [5.41, 5.74) is 0.431. The SMILES string of the molecule is Cc1ccc(F)c(NC(=O)C(=O)NCC(C)(C)CCO)c1. The van der Waals surface area contributed by atoms with Crippen molar-refractivity contribution in [3.63, 3.8) is 0 Å². The quantitative estimate of drug-likeness (QED) is 0.722. The number of amides is 2. The number of halogens is 1. The van der Waals surface area contributed by atoms with Gasteiger partial charge < -0.3 is 15.7 Å². The van der Waals surface area contributed by atoms with Crippen LogP contribution in [0.5, 0.6) is 0 Å². The highest BCUT2D eigenvalue weighted by atomic mass is 19.1. The zero-order valence-electron chi connectivity index (χ0n) is 12.5. The van der Waals surface area contributed by atoms with E-state index >= 15 is 0 Å². The van der Waals surface area contributed by atoms with Gasteiger partial charge in [0, 0.05) is 13.2 Å². The second-order valence-electron chi connectivity index (χ2n) is 5.76.